The van der Waals surface area contributed by atoms with E-state index in [1.54, 1.807) is 0 Å². The highest BCUT2D eigenvalue weighted by atomic mass is 127. The van der Waals surface area contributed by atoms with Crippen molar-refractivity contribution < 1.29 is 4.79 Å². The lowest BCUT2D eigenvalue weighted by Crippen LogP contribution is -2.41. The minimum absolute atomic E-state index is 0.00270. The number of amides is 1. The van der Waals surface area contributed by atoms with Gasteiger partial charge in [0.1, 0.15) is 0 Å². The van der Waals surface area contributed by atoms with Gasteiger partial charge in [0.25, 0.3) is 5.91 Å². The van der Waals surface area contributed by atoms with Crippen molar-refractivity contribution in [1.29, 1.82) is 0 Å². The molecule has 1 atom stereocenters. The van der Waals surface area contributed by atoms with Crippen molar-refractivity contribution in [3.63, 3.8) is 0 Å². The van der Waals surface area contributed by atoms with Gasteiger partial charge < -0.3 is 10.2 Å². The smallest absolute Gasteiger partial charge is 0.252 e. The third-order valence-electron chi connectivity index (χ3n) is 3.28. The summed E-state index contributed by atoms with van der Waals surface area (Å²) in [6.45, 7) is 5.32. The minimum atomic E-state index is -0.00270. The molecule has 0 aromatic heterocycles. The van der Waals surface area contributed by atoms with Gasteiger partial charge in [-0.1, -0.05) is 0 Å². The first-order valence-corrected chi connectivity index (χ1v) is 8.41. The number of benzene rings is 1. The van der Waals surface area contributed by atoms with Crippen LogP contribution in [0.2, 0.25) is 0 Å². The van der Waals surface area contributed by atoms with Crippen LogP contribution in [0.25, 0.3) is 0 Å². The number of carbonyl (C=O) groups excluding carboxylic acids is 1. The summed E-state index contributed by atoms with van der Waals surface area (Å²) in [5, 5.41) is 3.08. The van der Waals surface area contributed by atoms with Gasteiger partial charge in [0.2, 0.25) is 0 Å². The lowest BCUT2D eigenvalue weighted by atomic mass is 10.2. The Hall–Kier alpha value is -0.140. The molecule has 1 aliphatic heterocycles. The van der Waals surface area contributed by atoms with E-state index >= 15 is 0 Å². The fourth-order valence-corrected chi connectivity index (χ4v) is 3.29. The van der Waals surface area contributed by atoms with Gasteiger partial charge in [0, 0.05) is 20.6 Å². The number of nitrogens with zero attached hydrogens (tertiary/aromatic N) is 1. The summed E-state index contributed by atoms with van der Waals surface area (Å²) in [7, 11) is 0. The summed E-state index contributed by atoms with van der Waals surface area (Å²) in [5.74, 6) is -0.00270. The first-order chi connectivity index (χ1) is 9.06. The number of carbonyl (C=O) groups is 1. The van der Waals surface area contributed by atoms with Crippen LogP contribution in [0.4, 0.5) is 0 Å². The van der Waals surface area contributed by atoms with Crippen LogP contribution in [-0.2, 0) is 0 Å². The molecule has 1 heterocycles. The summed E-state index contributed by atoms with van der Waals surface area (Å²) in [4.78, 5) is 14.7. The summed E-state index contributed by atoms with van der Waals surface area (Å²) < 4.78 is 1.91. The Balaban J connectivity index is 1.94. The maximum Gasteiger partial charge on any atom is 0.252 e. The zero-order chi connectivity index (χ0) is 13.8. The second-order valence-corrected chi connectivity index (χ2v) is 7.11. The average Bonchev–Trinajstić information content (AvgIpc) is 2.84. The van der Waals surface area contributed by atoms with Gasteiger partial charge in [-0.15, -0.1) is 0 Å². The molecular formula is C14H18BrIN2O. The SMILES string of the molecule is CC(CN1CCCC1)NC(=O)c1cc(I)ccc1Br. The number of halogens is 2. The summed E-state index contributed by atoms with van der Waals surface area (Å²) in [5.41, 5.74) is 0.708. The second kappa shape index (κ2) is 7.04. The van der Waals surface area contributed by atoms with Crippen molar-refractivity contribution in [2.24, 2.45) is 0 Å². The summed E-state index contributed by atoms with van der Waals surface area (Å²) in [6, 6.07) is 5.98. The Labute approximate surface area is 136 Å². The van der Waals surface area contributed by atoms with Crippen LogP contribution in [0.5, 0.6) is 0 Å². The Kier molecular flexibility index (Phi) is 5.65. The van der Waals surface area contributed by atoms with Gasteiger partial charge in [-0.05, 0) is 89.6 Å². The lowest BCUT2D eigenvalue weighted by Gasteiger charge is -2.21. The largest absolute Gasteiger partial charge is 0.348 e. The topological polar surface area (TPSA) is 32.3 Å². The Morgan fingerprint density at radius 1 is 1.47 bits per heavy atom. The molecule has 0 saturated carbocycles. The molecule has 2 rings (SSSR count). The average molecular weight is 437 g/mol. The summed E-state index contributed by atoms with van der Waals surface area (Å²) >= 11 is 5.65. The van der Waals surface area contributed by atoms with Gasteiger partial charge in [-0.25, -0.2) is 0 Å². The van der Waals surface area contributed by atoms with Crippen LogP contribution in [-0.4, -0.2) is 36.5 Å². The fourth-order valence-electron chi connectivity index (χ4n) is 2.37. The van der Waals surface area contributed by atoms with Crippen molar-refractivity contribution in [2.45, 2.75) is 25.8 Å². The van der Waals surface area contributed by atoms with Crippen LogP contribution in [0.3, 0.4) is 0 Å². The number of hydrogen-bond acceptors (Lipinski definition) is 2. The van der Waals surface area contributed by atoms with Crippen LogP contribution < -0.4 is 5.32 Å². The van der Waals surface area contributed by atoms with E-state index in [-0.39, 0.29) is 11.9 Å². The Morgan fingerprint density at radius 3 is 2.84 bits per heavy atom. The van der Waals surface area contributed by atoms with Crippen molar-refractivity contribution in [2.75, 3.05) is 19.6 Å². The predicted octanol–water partition coefficient (Wildman–Crippen LogP) is 3.27. The van der Waals surface area contributed by atoms with Gasteiger partial charge in [-0.2, -0.15) is 0 Å². The predicted molar refractivity (Wildman–Crippen MR) is 89.5 cm³/mol. The van der Waals surface area contributed by atoms with Gasteiger partial charge in [0.15, 0.2) is 0 Å². The highest BCUT2D eigenvalue weighted by molar-refractivity contribution is 14.1. The van der Waals surface area contributed by atoms with E-state index in [0.717, 1.165) is 27.7 Å². The molecule has 0 spiro atoms. The normalized spacial score (nSPS) is 17.4. The molecular weight excluding hydrogens is 419 g/mol. The van der Waals surface area contributed by atoms with Crippen LogP contribution in [0, 0.1) is 3.57 Å². The van der Waals surface area contributed by atoms with Crippen LogP contribution in [0.1, 0.15) is 30.1 Å². The van der Waals surface area contributed by atoms with E-state index in [4.69, 9.17) is 0 Å². The quantitative estimate of drug-likeness (QED) is 0.734. The molecule has 0 aliphatic carbocycles. The van der Waals surface area contributed by atoms with E-state index < -0.39 is 0 Å². The van der Waals surface area contributed by atoms with Crippen molar-refractivity contribution in [3.05, 3.63) is 31.8 Å². The maximum atomic E-state index is 12.2. The summed E-state index contributed by atoms with van der Waals surface area (Å²) in [6.07, 6.45) is 2.56. The van der Waals surface area contributed by atoms with E-state index in [9.17, 15) is 4.79 Å². The Morgan fingerprint density at radius 2 is 2.16 bits per heavy atom. The maximum absolute atomic E-state index is 12.2. The van der Waals surface area contributed by atoms with E-state index in [0.29, 0.717) is 5.56 Å². The van der Waals surface area contributed by atoms with Crippen molar-refractivity contribution in [1.82, 2.24) is 10.2 Å². The molecule has 1 fully saturated rings. The highest BCUT2D eigenvalue weighted by Crippen LogP contribution is 2.19. The lowest BCUT2D eigenvalue weighted by molar-refractivity contribution is 0.0931. The molecule has 3 nitrogen and oxygen atoms in total. The molecule has 1 unspecified atom stereocenters. The molecule has 19 heavy (non-hydrogen) atoms. The molecule has 0 radical (unpaired) electrons. The molecule has 1 aromatic rings. The van der Waals surface area contributed by atoms with E-state index in [2.05, 4.69) is 55.7 Å². The van der Waals surface area contributed by atoms with Gasteiger partial charge in [0.05, 0.1) is 5.56 Å². The first-order valence-electron chi connectivity index (χ1n) is 6.54. The third-order valence-corrected chi connectivity index (χ3v) is 4.64. The molecule has 104 valence electrons. The standard InChI is InChI=1S/C14H18BrIN2O/c1-10(9-18-6-2-3-7-18)17-14(19)12-8-11(16)4-5-13(12)15/h4-5,8,10H,2-3,6-7,9H2,1H3,(H,17,19). The molecule has 1 aromatic carbocycles. The van der Waals surface area contributed by atoms with Gasteiger partial charge in [-0.3, -0.25) is 4.79 Å². The molecule has 1 N–H and O–H groups in total. The number of hydrogen-bond donors (Lipinski definition) is 1. The number of likely N-dealkylation sites (tertiary alicyclic amines) is 1. The van der Waals surface area contributed by atoms with Crippen LogP contribution >= 0.6 is 38.5 Å². The first kappa shape index (κ1) is 15.3. The fraction of sp³-hybridized carbons (Fsp3) is 0.500. The highest BCUT2D eigenvalue weighted by Gasteiger charge is 2.17. The van der Waals surface area contributed by atoms with Gasteiger partial charge >= 0.3 is 0 Å². The van der Waals surface area contributed by atoms with Crippen molar-refractivity contribution >= 4 is 44.4 Å². The Bertz CT molecular complexity index is 461. The second-order valence-electron chi connectivity index (χ2n) is 5.01. The molecule has 1 saturated heterocycles. The zero-order valence-electron chi connectivity index (χ0n) is 11.0. The van der Waals surface area contributed by atoms with Crippen LogP contribution in [0.15, 0.2) is 22.7 Å². The number of nitrogens with one attached hydrogen (secondary N) is 1. The third kappa shape index (κ3) is 4.43. The molecule has 1 aliphatic rings. The van der Waals surface area contributed by atoms with E-state index in [1.807, 2.05) is 18.2 Å². The minimum Gasteiger partial charge on any atom is -0.348 e. The van der Waals surface area contributed by atoms with E-state index in [1.165, 1.54) is 12.8 Å². The molecule has 0 bridgehead atoms. The molecule has 1 amide bonds. The molecule has 5 heteroatoms. The monoisotopic (exact) mass is 436 g/mol. The zero-order valence-corrected chi connectivity index (χ0v) is 14.7. The number of rotatable bonds is 4. The van der Waals surface area contributed by atoms with Crippen molar-refractivity contribution in [3.8, 4) is 0 Å².